The second-order valence-corrected chi connectivity index (χ2v) is 7.50. The lowest BCUT2D eigenvalue weighted by Gasteiger charge is -2.20. The molecule has 0 spiro atoms. The Morgan fingerprint density at radius 2 is 2.00 bits per heavy atom. The zero-order valence-corrected chi connectivity index (χ0v) is 15.4. The van der Waals surface area contributed by atoms with Crippen LogP contribution in [0.2, 0.25) is 0 Å². The Kier molecular flexibility index (Phi) is 4.81. The van der Waals surface area contributed by atoms with Crippen LogP contribution in [0.25, 0.3) is 11.3 Å². The van der Waals surface area contributed by atoms with E-state index in [4.69, 9.17) is 0 Å². The molecule has 0 unspecified atom stereocenters. The Balaban J connectivity index is 1.54. The summed E-state index contributed by atoms with van der Waals surface area (Å²) in [7, 11) is 1.84. The van der Waals surface area contributed by atoms with Gasteiger partial charge in [0.1, 0.15) is 0 Å². The summed E-state index contributed by atoms with van der Waals surface area (Å²) in [5.41, 5.74) is 2.32. The number of nitrogens with one attached hydrogen (secondary N) is 2. The third-order valence-corrected chi connectivity index (χ3v) is 5.79. The van der Waals surface area contributed by atoms with Crippen molar-refractivity contribution in [1.29, 1.82) is 0 Å². The summed E-state index contributed by atoms with van der Waals surface area (Å²) in [4.78, 5) is 18.5. The summed E-state index contributed by atoms with van der Waals surface area (Å²) < 4.78 is 1.73. The number of hydrogen-bond donors (Lipinski definition) is 2. The molecule has 6 nitrogen and oxygen atoms in total. The van der Waals surface area contributed by atoms with Crippen LogP contribution in [0, 0.1) is 0 Å². The molecule has 1 amide bonds. The van der Waals surface area contributed by atoms with E-state index in [1.807, 2.05) is 43.6 Å². The lowest BCUT2D eigenvalue weighted by Crippen LogP contribution is -2.26. The second kappa shape index (κ2) is 7.39. The number of anilines is 1. The van der Waals surface area contributed by atoms with Crippen molar-refractivity contribution in [3.8, 4) is 11.3 Å². The highest BCUT2D eigenvalue weighted by Crippen LogP contribution is 2.32. The first-order valence-corrected chi connectivity index (χ1v) is 9.59. The average Bonchev–Trinajstić information content (AvgIpc) is 3.30. The molecule has 0 saturated carbocycles. The molecule has 4 rings (SSSR count). The van der Waals surface area contributed by atoms with Crippen LogP contribution in [0.1, 0.15) is 34.0 Å². The maximum absolute atomic E-state index is 12.8. The molecule has 26 heavy (non-hydrogen) atoms. The topological polar surface area (TPSA) is 71.8 Å². The molecule has 0 bridgehead atoms. The fraction of sp³-hybridized carbons (Fsp3) is 0.316. The van der Waals surface area contributed by atoms with Crippen LogP contribution in [0.3, 0.4) is 0 Å². The fourth-order valence-electron chi connectivity index (χ4n) is 3.35. The number of nitrogens with zero attached hydrogens (tertiary/aromatic N) is 3. The van der Waals surface area contributed by atoms with Crippen molar-refractivity contribution in [2.24, 2.45) is 7.05 Å². The normalized spacial score (nSPS) is 15.1. The molecular formula is C19H21N5OS. The van der Waals surface area contributed by atoms with E-state index in [-0.39, 0.29) is 5.91 Å². The van der Waals surface area contributed by atoms with Gasteiger partial charge in [-0.05, 0) is 31.8 Å². The molecule has 1 aliphatic rings. The number of aryl methyl sites for hydroxylation is 1. The van der Waals surface area contributed by atoms with E-state index in [2.05, 4.69) is 20.7 Å². The van der Waals surface area contributed by atoms with E-state index in [0.29, 0.717) is 16.6 Å². The third kappa shape index (κ3) is 3.40. The van der Waals surface area contributed by atoms with Crippen molar-refractivity contribution in [1.82, 2.24) is 20.1 Å². The molecule has 0 atom stereocenters. The highest BCUT2D eigenvalue weighted by Gasteiger charge is 2.21. The third-order valence-electron chi connectivity index (χ3n) is 4.72. The van der Waals surface area contributed by atoms with Gasteiger partial charge in [0.25, 0.3) is 5.91 Å². The van der Waals surface area contributed by atoms with Crippen LogP contribution in [0.5, 0.6) is 0 Å². The molecule has 3 heterocycles. The number of carbonyl (C=O) groups is 1. The monoisotopic (exact) mass is 367 g/mol. The van der Waals surface area contributed by atoms with E-state index in [1.54, 1.807) is 22.2 Å². The number of hydrogen-bond acceptors (Lipinski definition) is 5. The highest BCUT2D eigenvalue weighted by molar-refractivity contribution is 7.15. The van der Waals surface area contributed by atoms with Gasteiger partial charge in [-0.15, -0.1) is 11.3 Å². The predicted molar refractivity (Wildman–Crippen MR) is 104 cm³/mol. The smallest absolute Gasteiger partial charge is 0.261 e. The molecule has 7 heteroatoms. The van der Waals surface area contributed by atoms with E-state index in [9.17, 15) is 4.79 Å². The van der Waals surface area contributed by atoms with Crippen molar-refractivity contribution < 1.29 is 4.79 Å². The van der Waals surface area contributed by atoms with Crippen LogP contribution in [-0.2, 0) is 7.05 Å². The van der Waals surface area contributed by atoms with Crippen molar-refractivity contribution in [2.45, 2.75) is 18.8 Å². The van der Waals surface area contributed by atoms with Crippen LogP contribution < -0.4 is 10.6 Å². The fourth-order valence-corrected chi connectivity index (χ4v) is 4.33. The lowest BCUT2D eigenvalue weighted by molar-refractivity contribution is 0.102. The van der Waals surface area contributed by atoms with E-state index >= 15 is 0 Å². The first kappa shape index (κ1) is 16.9. The first-order valence-electron chi connectivity index (χ1n) is 8.77. The first-order chi connectivity index (χ1) is 12.7. The summed E-state index contributed by atoms with van der Waals surface area (Å²) in [6, 6.07) is 9.82. The Morgan fingerprint density at radius 3 is 2.77 bits per heavy atom. The van der Waals surface area contributed by atoms with E-state index < -0.39 is 0 Å². The van der Waals surface area contributed by atoms with Crippen molar-refractivity contribution >= 4 is 22.4 Å². The number of benzene rings is 1. The van der Waals surface area contributed by atoms with Crippen molar-refractivity contribution in [3.05, 3.63) is 53.2 Å². The Bertz CT molecular complexity index is 896. The van der Waals surface area contributed by atoms with Crippen LogP contribution >= 0.6 is 11.3 Å². The summed E-state index contributed by atoms with van der Waals surface area (Å²) in [6.45, 7) is 2.08. The van der Waals surface area contributed by atoms with Crippen LogP contribution in [0.4, 0.5) is 5.13 Å². The maximum Gasteiger partial charge on any atom is 0.261 e. The van der Waals surface area contributed by atoms with Gasteiger partial charge in [0.05, 0.1) is 17.5 Å². The SMILES string of the molecule is Cn1ncc(C(=O)Nc2ncc(C3CCNCC3)s2)c1-c1ccccc1. The molecule has 1 fully saturated rings. The molecule has 3 aromatic rings. The summed E-state index contributed by atoms with van der Waals surface area (Å²) in [5.74, 6) is 0.362. The summed E-state index contributed by atoms with van der Waals surface area (Å²) in [5, 5.41) is 11.2. The Labute approximate surface area is 156 Å². The molecule has 2 aromatic heterocycles. The van der Waals surface area contributed by atoms with E-state index in [0.717, 1.165) is 37.2 Å². The number of piperidine rings is 1. The number of rotatable bonds is 4. The van der Waals surface area contributed by atoms with E-state index in [1.165, 1.54) is 4.88 Å². The molecule has 1 aliphatic heterocycles. The quantitative estimate of drug-likeness (QED) is 0.742. The number of aromatic nitrogens is 3. The lowest BCUT2D eigenvalue weighted by atomic mass is 9.97. The van der Waals surface area contributed by atoms with Crippen LogP contribution in [0.15, 0.2) is 42.7 Å². The zero-order valence-electron chi connectivity index (χ0n) is 14.6. The largest absolute Gasteiger partial charge is 0.317 e. The van der Waals surface area contributed by atoms with Gasteiger partial charge in [-0.2, -0.15) is 5.10 Å². The zero-order chi connectivity index (χ0) is 17.9. The Hall–Kier alpha value is -2.51. The minimum atomic E-state index is -0.178. The highest BCUT2D eigenvalue weighted by atomic mass is 32.1. The van der Waals surface area contributed by atoms with Gasteiger partial charge in [0.2, 0.25) is 0 Å². The van der Waals surface area contributed by atoms with Crippen LogP contribution in [-0.4, -0.2) is 33.8 Å². The van der Waals surface area contributed by atoms with Gasteiger partial charge < -0.3 is 5.32 Å². The van der Waals surface area contributed by atoms with Crippen molar-refractivity contribution in [3.63, 3.8) is 0 Å². The molecule has 1 aromatic carbocycles. The molecule has 0 aliphatic carbocycles. The second-order valence-electron chi connectivity index (χ2n) is 6.44. The minimum Gasteiger partial charge on any atom is -0.317 e. The molecule has 2 N–H and O–H groups in total. The number of carbonyl (C=O) groups excluding carboxylic acids is 1. The maximum atomic E-state index is 12.8. The minimum absolute atomic E-state index is 0.178. The van der Waals surface area contributed by atoms with Gasteiger partial charge in [-0.3, -0.25) is 14.8 Å². The van der Waals surface area contributed by atoms with Crippen molar-refractivity contribution in [2.75, 3.05) is 18.4 Å². The van der Waals surface area contributed by atoms with Gasteiger partial charge in [-0.1, -0.05) is 30.3 Å². The Morgan fingerprint density at radius 1 is 1.23 bits per heavy atom. The molecular weight excluding hydrogens is 346 g/mol. The number of amides is 1. The average molecular weight is 367 g/mol. The van der Waals surface area contributed by atoms with Gasteiger partial charge in [0.15, 0.2) is 5.13 Å². The summed E-state index contributed by atoms with van der Waals surface area (Å²) >= 11 is 1.57. The molecule has 134 valence electrons. The summed E-state index contributed by atoms with van der Waals surface area (Å²) in [6.07, 6.45) is 5.75. The van der Waals surface area contributed by atoms with Gasteiger partial charge in [-0.25, -0.2) is 4.98 Å². The van der Waals surface area contributed by atoms with Gasteiger partial charge in [0, 0.05) is 23.7 Å². The standard InChI is InChI=1S/C19H21N5OS/c1-24-17(14-5-3-2-4-6-14)15(11-22-24)18(25)23-19-21-12-16(26-19)13-7-9-20-10-8-13/h2-6,11-13,20H,7-10H2,1H3,(H,21,23,25). The predicted octanol–water partition coefficient (Wildman–Crippen LogP) is 3.26. The van der Waals surface area contributed by atoms with Gasteiger partial charge >= 0.3 is 0 Å². The molecule has 0 radical (unpaired) electrons. The number of thiazole rings is 1. The molecule has 1 saturated heterocycles.